The Morgan fingerprint density at radius 1 is 1.11 bits per heavy atom. The molecular formula is C21H16FN3O2. The van der Waals surface area contributed by atoms with Crippen molar-refractivity contribution in [2.75, 3.05) is 0 Å². The summed E-state index contributed by atoms with van der Waals surface area (Å²) in [6, 6.07) is 16.8. The van der Waals surface area contributed by atoms with Gasteiger partial charge in [-0.1, -0.05) is 6.07 Å². The van der Waals surface area contributed by atoms with Crippen LogP contribution in [0.2, 0.25) is 0 Å². The molecule has 4 aromatic rings. The number of hydrogen-bond donors (Lipinski definition) is 2. The number of amides is 1. The standard InChI is InChI=1S/C21H16FN3O2/c22-16-4-6-17(7-5-16)27-21-18(2-1-10-24-21)20(26)25-13-14-3-8-19-15(12-14)9-11-23-19/h1-12,23H,13H2,(H,25,26). The van der Waals surface area contributed by atoms with Crippen LogP contribution in [0.3, 0.4) is 0 Å². The van der Waals surface area contributed by atoms with Crippen molar-refractivity contribution < 1.29 is 13.9 Å². The predicted molar refractivity (Wildman–Crippen MR) is 100 cm³/mol. The van der Waals surface area contributed by atoms with E-state index in [0.717, 1.165) is 16.5 Å². The molecule has 0 aliphatic carbocycles. The summed E-state index contributed by atoms with van der Waals surface area (Å²) >= 11 is 0. The quantitative estimate of drug-likeness (QED) is 0.553. The molecule has 2 aromatic heterocycles. The van der Waals surface area contributed by atoms with Gasteiger partial charge in [0.05, 0.1) is 0 Å². The zero-order valence-corrected chi connectivity index (χ0v) is 14.3. The zero-order valence-electron chi connectivity index (χ0n) is 14.3. The molecule has 2 heterocycles. The van der Waals surface area contributed by atoms with Crippen molar-refractivity contribution in [3.8, 4) is 11.6 Å². The van der Waals surface area contributed by atoms with Crippen molar-refractivity contribution in [1.29, 1.82) is 0 Å². The molecule has 0 radical (unpaired) electrons. The summed E-state index contributed by atoms with van der Waals surface area (Å²) in [7, 11) is 0. The molecule has 4 rings (SSSR count). The van der Waals surface area contributed by atoms with Crippen LogP contribution in [0.5, 0.6) is 11.6 Å². The van der Waals surface area contributed by atoms with Crippen molar-refractivity contribution in [1.82, 2.24) is 15.3 Å². The van der Waals surface area contributed by atoms with Crippen molar-refractivity contribution in [2.24, 2.45) is 0 Å². The van der Waals surface area contributed by atoms with Crippen molar-refractivity contribution in [3.05, 3.63) is 90.0 Å². The maximum absolute atomic E-state index is 13.0. The highest BCUT2D eigenvalue weighted by molar-refractivity contribution is 5.96. The second-order valence-corrected chi connectivity index (χ2v) is 5.99. The zero-order chi connectivity index (χ0) is 18.6. The van der Waals surface area contributed by atoms with Gasteiger partial charge in [0.1, 0.15) is 17.1 Å². The van der Waals surface area contributed by atoms with E-state index in [1.165, 1.54) is 30.5 Å². The van der Waals surface area contributed by atoms with E-state index < -0.39 is 0 Å². The van der Waals surface area contributed by atoms with E-state index >= 15 is 0 Å². The van der Waals surface area contributed by atoms with Gasteiger partial charge in [-0.25, -0.2) is 9.37 Å². The number of ether oxygens (including phenoxy) is 1. The van der Waals surface area contributed by atoms with Gasteiger partial charge in [0.25, 0.3) is 5.91 Å². The van der Waals surface area contributed by atoms with E-state index in [9.17, 15) is 9.18 Å². The number of nitrogens with one attached hydrogen (secondary N) is 2. The van der Waals surface area contributed by atoms with Crippen molar-refractivity contribution in [2.45, 2.75) is 6.54 Å². The summed E-state index contributed by atoms with van der Waals surface area (Å²) < 4.78 is 18.7. The number of halogens is 1. The second kappa shape index (κ2) is 7.29. The average Bonchev–Trinajstić information content (AvgIpc) is 3.16. The molecule has 1 amide bonds. The fourth-order valence-corrected chi connectivity index (χ4v) is 2.75. The summed E-state index contributed by atoms with van der Waals surface area (Å²) in [6.07, 6.45) is 3.41. The van der Waals surface area contributed by atoms with Gasteiger partial charge in [-0.05, 0) is 65.5 Å². The van der Waals surface area contributed by atoms with Gasteiger partial charge in [-0.2, -0.15) is 0 Å². The number of fused-ring (bicyclic) bond motifs is 1. The minimum atomic E-state index is -0.360. The van der Waals surface area contributed by atoms with Crippen LogP contribution in [0.25, 0.3) is 10.9 Å². The lowest BCUT2D eigenvalue weighted by atomic mass is 10.1. The van der Waals surface area contributed by atoms with Crippen molar-refractivity contribution in [3.63, 3.8) is 0 Å². The summed E-state index contributed by atoms with van der Waals surface area (Å²) in [5.74, 6) is -0.0835. The van der Waals surface area contributed by atoms with Crippen LogP contribution in [0.15, 0.2) is 73.1 Å². The Hall–Kier alpha value is -3.67. The molecule has 5 nitrogen and oxygen atoms in total. The van der Waals surface area contributed by atoms with Gasteiger partial charge in [0.2, 0.25) is 5.88 Å². The fourth-order valence-electron chi connectivity index (χ4n) is 2.75. The molecule has 0 spiro atoms. The Morgan fingerprint density at radius 2 is 1.96 bits per heavy atom. The average molecular weight is 361 g/mol. The van der Waals surface area contributed by atoms with Gasteiger partial charge in [0, 0.05) is 24.5 Å². The molecular weight excluding hydrogens is 345 g/mol. The summed E-state index contributed by atoms with van der Waals surface area (Å²) in [5, 5.41) is 3.96. The lowest BCUT2D eigenvalue weighted by Gasteiger charge is -2.10. The number of hydrogen-bond acceptors (Lipinski definition) is 3. The molecule has 0 bridgehead atoms. The van der Waals surface area contributed by atoms with Crippen LogP contribution < -0.4 is 10.1 Å². The fraction of sp³-hybridized carbons (Fsp3) is 0.0476. The Labute approximate surface area is 154 Å². The van der Waals surface area contributed by atoms with Gasteiger partial charge in [-0.15, -0.1) is 0 Å². The number of rotatable bonds is 5. The molecule has 2 N–H and O–H groups in total. The van der Waals surface area contributed by atoms with Crippen molar-refractivity contribution >= 4 is 16.8 Å². The molecule has 0 unspecified atom stereocenters. The predicted octanol–water partition coefficient (Wildman–Crippen LogP) is 4.42. The minimum Gasteiger partial charge on any atom is -0.438 e. The molecule has 0 saturated carbocycles. The molecule has 0 saturated heterocycles. The summed E-state index contributed by atoms with van der Waals surface area (Å²) in [5.41, 5.74) is 2.34. The van der Waals surface area contributed by atoms with Crippen LogP contribution in [0.1, 0.15) is 15.9 Å². The maximum Gasteiger partial charge on any atom is 0.257 e. The molecule has 0 aliphatic rings. The van der Waals surface area contributed by atoms with E-state index in [0.29, 0.717) is 17.9 Å². The van der Waals surface area contributed by atoms with E-state index in [1.54, 1.807) is 12.1 Å². The van der Waals surface area contributed by atoms with Crippen LogP contribution in [0.4, 0.5) is 4.39 Å². The summed E-state index contributed by atoms with van der Waals surface area (Å²) in [4.78, 5) is 19.9. The van der Waals surface area contributed by atoms with Gasteiger partial charge in [0.15, 0.2) is 0 Å². The normalized spacial score (nSPS) is 10.7. The van der Waals surface area contributed by atoms with Crippen LogP contribution >= 0.6 is 0 Å². The molecule has 6 heteroatoms. The largest absolute Gasteiger partial charge is 0.438 e. The second-order valence-electron chi connectivity index (χ2n) is 5.99. The smallest absolute Gasteiger partial charge is 0.257 e. The molecule has 27 heavy (non-hydrogen) atoms. The van der Waals surface area contributed by atoms with E-state index in [2.05, 4.69) is 15.3 Å². The Kier molecular flexibility index (Phi) is 4.53. The SMILES string of the molecule is O=C(NCc1ccc2[nH]ccc2c1)c1cccnc1Oc1ccc(F)cc1. The molecule has 2 aromatic carbocycles. The third-order valence-corrected chi connectivity index (χ3v) is 4.11. The number of aromatic amines is 1. The highest BCUT2D eigenvalue weighted by atomic mass is 19.1. The van der Waals surface area contributed by atoms with Gasteiger partial charge >= 0.3 is 0 Å². The first-order valence-corrected chi connectivity index (χ1v) is 8.42. The number of pyridine rings is 1. The highest BCUT2D eigenvalue weighted by Crippen LogP contribution is 2.23. The van der Waals surface area contributed by atoms with Crippen LogP contribution in [-0.2, 0) is 6.54 Å². The first kappa shape index (κ1) is 16.8. The number of nitrogens with zero attached hydrogens (tertiary/aromatic N) is 1. The third-order valence-electron chi connectivity index (χ3n) is 4.11. The topological polar surface area (TPSA) is 67.0 Å². The molecule has 134 valence electrons. The number of aromatic nitrogens is 2. The van der Waals surface area contributed by atoms with Gasteiger partial charge < -0.3 is 15.0 Å². The molecule has 0 aliphatic heterocycles. The van der Waals surface area contributed by atoms with E-state index in [4.69, 9.17) is 4.74 Å². The lowest BCUT2D eigenvalue weighted by Crippen LogP contribution is -2.23. The monoisotopic (exact) mass is 361 g/mol. The Morgan fingerprint density at radius 3 is 2.81 bits per heavy atom. The van der Waals surface area contributed by atoms with Crippen LogP contribution in [0, 0.1) is 5.82 Å². The molecule has 0 fully saturated rings. The van der Waals surface area contributed by atoms with E-state index in [-0.39, 0.29) is 17.6 Å². The number of carbonyl (C=O) groups is 1. The number of benzene rings is 2. The molecule has 0 atom stereocenters. The van der Waals surface area contributed by atoms with Crippen LogP contribution in [-0.4, -0.2) is 15.9 Å². The Balaban J connectivity index is 1.48. The van der Waals surface area contributed by atoms with Gasteiger partial charge in [-0.3, -0.25) is 4.79 Å². The first-order valence-electron chi connectivity index (χ1n) is 8.42. The number of carbonyl (C=O) groups excluding carboxylic acids is 1. The third kappa shape index (κ3) is 3.79. The van der Waals surface area contributed by atoms with E-state index in [1.807, 2.05) is 30.5 Å². The summed E-state index contributed by atoms with van der Waals surface area (Å²) in [6.45, 7) is 0.380. The Bertz CT molecular complexity index is 1090. The minimum absolute atomic E-state index is 0.169. The lowest BCUT2D eigenvalue weighted by molar-refractivity contribution is 0.0948. The highest BCUT2D eigenvalue weighted by Gasteiger charge is 2.14. The number of H-pyrrole nitrogens is 1. The first-order chi connectivity index (χ1) is 13.2. The maximum atomic E-state index is 13.0.